The molecule has 0 radical (unpaired) electrons. The molecule has 0 aliphatic heterocycles. The molecule has 1 atom stereocenters. The Labute approximate surface area is 123 Å². The molecule has 7 nitrogen and oxygen atoms in total. The maximum atomic E-state index is 12.2. The van der Waals surface area contributed by atoms with Crippen LogP contribution in [0.15, 0.2) is 18.7 Å². The van der Waals surface area contributed by atoms with Gasteiger partial charge in [0.05, 0.1) is 11.6 Å². The molecule has 2 rings (SSSR count). The summed E-state index contributed by atoms with van der Waals surface area (Å²) < 4.78 is 1.81. The lowest BCUT2D eigenvalue weighted by atomic mass is 10.2. The molecule has 0 aliphatic rings. The lowest BCUT2D eigenvalue weighted by Gasteiger charge is -2.14. The van der Waals surface area contributed by atoms with Crippen LogP contribution in [-0.4, -0.2) is 30.6 Å². The summed E-state index contributed by atoms with van der Waals surface area (Å²) >= 11 is 0. The molecule has 0 saturated carbocycles. The van der Waals surface area contributed by atoms with Crippen molar-refractivity contribution < 1.29 is 4.79 Å². The molecular weight excluding hydrogens is 268 g/mol. The van der Waals surface area contributed by atoms with E-state index in [1.807, 2.05) is 18.5 Å². The lowest BCUT2D eigenvalue weighted by molar-refractivity contribution is 0.0936. The van der Waals surface area contributed by atoms with Crippen molar-refractivity contribution in [3.05, 3.63) is 35.9 Å². The van der Waals surface area contributed by atoms with Crippen LogP contribution in [0.1, 0.15) is 55.2 Å². The zero-order chi connectivity index (χ0) is 15.2. The molecule has 21 heavy (non-hydrogen) atoms. The van der Waals surface area contributed by atoms with Crippen molar-refractivity contribution in [3.63, 3.8) is 0 Å². The van der Waals surface area contributed by atoms with Crippen molar-refractivity contribution >= 4 is 5.91 Å². The van der Waals surface area contributed by atoms with E-state index in [1.165, 1.54) is 6.33 Å². The molecule has 0 aromatic carbocycles. The highest BCUT2D eigenvalue weighted by Gasteiger charge is 2.16. The van der Waals surface area contributed by atoms with Gasteiger partial charge in [0.15, 0.2) is 0 Å². The third-order valence-corrected chi connectivity index (χ3v) is 3.10. The zero-order valence-corrected chi connectivity index (χ0v) is 12.6. The maximum Gasteiger partial charge on any atom is 0.254 e. The van der Waals surface area contributed by atoms with Crippen LogP contribution >= 0.6 is 0 Å². The molecule has 2 aromatic heterocycles. The first kappa shape index (κ1) is 15.1. The van der Waals surface area contributed by atoms with E-state index >= 15 is 0 Å². The fourth-order valence-electron chi connectivity index (χ4n) is 1.99. The monoisotopic (exact) mass is 288 g/mol. The van der Waals surface area contributed by atoms with Crippen molar-refractivity contribution in [2.24, 2.45) is 0 Å². The van der Waals surface area contributed by atoms with Gasteiger partial charge in [-0.05, 0) is 13.3 Å². The Bertz CT molecular complexity index is 592. The van der Waals surface area contributed by atoms with Gasteiger partial charge in [0.2, 0.25) is 0 Å². The minimum Gasteiger partial charge on any atom is -0.342 e. The van der Waals surface area contributed by atoms with E-state index < -0.39 is 0 Å². The van der Waals surface area contributed by atoms with Crippen molar-refractivity contribution in [3.8, 4) is 0 Å². The van der Waals surface area contributed by atoms with E-state index in [-0.39, 0.29) is 11.9 Å². The van der Waals surface area contributed by atoms with Crippen LogP contribution in [-0.2, 0) is 13.0 Å². The number of hydrogen-bond acceptors (Lipinski definition) is 5. The number of hydrogen-bond donors (Lipinski definition) is 1. The average molecular weight is 288 g/mol. The lowest BCUT2D eigenvalue weighted by Crippen LogP contribution is -2.29. The van der Waals surface area contributed by atoms with Crippen molar-refractivity contribution in [1.29, 1.82) is 0 Å². The number of aromatic nitrogens is 5. The summed E-state index contributed by atoms with van der Waals surface area (Å²) in [5.74, 6) is 1.26. The third-order valence-electron chi connectivity index (χ3n) is 3.10. The van der Waals surface area contributed by atoms with E-state index in [0.29, 0.717) is 5.56 Å². The summed E-state index contributed by atoms with van der Waals surface area (Å²) in [5.41, 5.74) is 0.445. The van der Waals surface area contributed by atoms with Crippen LogP contribution in [0.4, 0.5) is 0 Å². The second-order valence-electron chi connectivity index (χ2n) is 4.78. The number of carbonyl (C=O) groups is 1. The molecule has 2 aromatic rings. The van der Waals surface area contributed by atoms with Crippen molar-refractivity contribution in [2.45, 2.75) is 46.2 Å². The molecule has 1 N–H and O–H groups in total. The molecule has 1 amide bonds. The maximum absolute atomic E-state index is 12.2. The highest BCUT2D eigenvalue weighted by atomic mass is 16.1. The van der Waals surface area contributed by atoms with Gasteiger partial charge >= 0.3 is 0 Å². The first-order valence-corrected chi connectivity index (χ1v) is 7.15. The smallest absolute Gasteiger partial charge is 0.254 e. The number of nitrogens with zero attached hydrogens (tertiary/aromatic N) is 5. The Morgan fingerprint density at radius 3 is 2.62 bits per heavy atom. The SMILES string of the molecule is CCCn1ncnc1[C@@H](C)NC(=O)c1cnc(CC)nc1. The Kier molecular flexibility index (Phi) is 4.97. The predicted molar refractivity (Wildman–Crippen MR) is 77.6 cm³/mol. The van der Waals surface area contributed by atoms with Gasteiger partial charge in [0.25, 0.3) is 5.91 Å². The molecule has 7 heteroatoms. The zero-order valence-electron chi connectivity index (χ0n) is 12.6. The summed E-state index contributed by atoms with van der Waals surface area (Å²) in [4.78, 5) is 24.6. The van der Waals surface area contributed by atoms with Crippen LogP contribution < -0.4 is 5.32 Å². The first-order valence-electron chi connectivity index (χ1n) is 7.15. The van der Waals surface area contributed by atoms with Crippen LogP contribution in [0, 0.1) is 0 Å². The molecule has 0 fully saturated rings. The number of carbonyl (C=O) groups excluding carboxylic acids is 1. The van der Waals surface area contributed by atoms with Crippen molar-refractivity contribution in [2.75, 3.05) is 0 Å². The standard InChI is InChI=1S/C14H20N6O/c1-4-6-20-13(17-9-18-20)10(3)19-14(21)11-7-15-12(5-2)16-8-11/h7-10H,4-6H2,1-3H3,(H,19,21)/t10-/m1/s1. The molecule has 0 bridgehead atoms. The average Bonchev–Trinajstić information content (AvgIpc) is 2.96. The van der Waals surface area contributed by atoms with Crippen molar-refractivity contribution in [1.82, 2.24) is 30.0 Å². The van der Waals surface area contributed by atoms with E-state index in [0.717, 1.165) is 31.0 Å². The summed E-state index contributed by atoms with van der Waals surface area (Å²) in [6.07, 6.45) is 6.31. The van der Waals surface area contributed by atoms with E-state index in [9.17, 15) is 4.79 Å². The highest BCUT2D eigenvalue weighted by Crippen LogP contribution is 2.10. The molecule has 0 unspecified atom stereocenters. The van der Waals surface area contributed by atoms with Crippen LogP contribution in [0.3, 0.4) is 0 Å². The molecule has 2 heterocycles. The quantitative estimate of drug-likeness (QED) is 0.871. The van der Waals surface area contributed by atoms with Gasteiger partial charge in [-0.3, -0.25) is 4.79 Å². The van der Waals surface area contributed by atoms with Gasteiger partial charge in [-0.1, -0.05) is 13.8 Å². The molecule has 112 valence electrons. The topological polar surface area (TPSA) is 85.6 Å². The summed E-state index contributed by atoms with van der Waals surface area (Å²) in [6.45, 7) is 6.71. The normalized spacial score (nSPS) is 12.1. The van der Waals surface area contributed by atoms with Gasteiger partial charge in [-0.25, -0.2) is 19.6 Å². The highest BCUT2D eigenvalue weighted by molar-refractivity contribution is 5.93. The summed E-state index contributed by atoms with van der Waals surface area (Å²) in [5, 5.41) is 7.05. The van der Waals surface area contributed by atoms with E-state index in [4.69, 9.17) is 0 Å². The minimum atomic E-state index is -0.225. The van der Waals surface area contributed by atoms with Gasteiger partial charge < -0.3 is 5.32 Å². The Morgan fingerprint density at radius 2 is 2.00 bits per heavy atom. The van der Waals surface area contributed by atoms with Gasteiger partial charge in [-0.2, -0.15) is 5.10 Å². The Morgan fingerprint density at radius 1 is 1.29 bits per heavy atom. The number of rotatable bonds is 6. The van der Waals surface area contributed by atoms with E-state index in [2.05, 4.69) is 32.3 Å². The van der Waals surface area contributed by atoms with Gasteiger partial charge in [0.1, 0.15) is 18.0 Å². The van der Waals surface area contributed by atoms with Crippen LogP contribution in [0.5, 0.6) is 0 Å². The third kappa shape index (κ3) is 3.62. The van der Waals surface area contributed by atoms with Gasteiger partial charge in [-0.15, -0.1) is 0 Å². The number of aryl methyl sites for hydroxylation is 2. The Hall–Kier alpha value is -2.31. The second-order valence-corrected chi connectivity index (χ2v) is 4.78. The molecule has 0 saturated heterocycles. The minimum absolute atomic E-state index is 0.212. The second kappa shape index (κ2) is 6.92. The molecule has 0 aliphatic carbocycles. The fourth-order valence-corrected chi connectivity index (χ4v) is 1.99. The summed E-state index contributed by atoms with van der Waals surface area (Å²) in [7, 11) is 0. The van der Waals surface area contributed by atoms with Gasteiger partial charge in [0, 0.05) is 25.4 Å². The van der Waals surface area contributed by atoms with E-state index in [1.54, 1.807) is 12.4 Å². The molecule has 0 spiro atoms. The summed E-state index contributed by atoms with van der Waals surface area (Å²) in [6, 6.07) is -0.225. The molecular formula is C14H20N6O. The largest absolute Gasteiger partial charge is 0.342 e. The number of amides is 1. The fraction of sp³-hybridized carbons (Fsp3) is 0.500. The predicted octanol–water partition coefficient (Wildman–Crippen LogP) is 1.53. The Balaban J connectivity index is 2.05. The number of nitrogens with one attached hydrogen (secondary N) is 1. The van der Waals surface area contributed by atoms with Crippen LogP contribution in [0.2, 0.25) is 0 Å². The van der Waals surface area contributed by atoms with Crippen LogP contribution in [0.25, 0.3) is 0 Å². The first-order chi connectivity index (χ1) is 10.2.